The van der Waals surface area contributed by atoms with Crippen LogP contribution in [0, 0.1) is 11.7 Å². The van der Waals surface area contributed by atoms with Gasteiger partial charge in [0.05, 0.1) is 11.1 Å². The quantitative estimate of drug-likeness (QED) is 0.502. The van der Waals surface area contributed by atoms with E-state index < -0.39 is 17.7 Å². The smallest absolute Gasteiger partial charge is 0.381 e. The van der Waals surface area contributed by atoms with Crippen LogP contribution in [0.3, 0.4) is 0 Å². The zero-order valence-electron chi connectivity index (χ0n) is 17.1. The first kappa shape index (κ1) is 21.5. The predicted octanol–water partition coefficient (Wildman–Crippen LogP) is 5.69. The van der Waals surface area contributed by atoms with Gasteiger partial charge in [0.1, 0.15) is 11.5 Å². The van der Waals surface area contributed by atoms with Gasteiger partial charge < -0.3 is 14.6 Å². The molecule has 5 nitrogen and oxygen atoms in total. The summed E-state index contributed by atoms with van der Waals surface area (Å²) in [6.45, 7) is 1.78. The van der Waals surface area contributed by atoms with Crippen molar-refractivity contribution in [1.82, 2.24) is 15.0 Å². The molecule has 5 rings (SSSR count). The molecule has 1 unspecified atom stereocenters. The molecule has 0 amide bonds. The molecule has 2 aromatic heterocycles. The van der Waals surface area contributed by atoms with Crippen LogP contribution in [-0.4, -0.2) is 34.7 Å². The lowest BCUT2D eigenvalue weighted by Crippen LogP contribution is -2.38. The fourth-order valence-corrected chi connectivity index (χ4v) is 4.95. The standard InChI is InChI=1S/C22H21ClF4N4O/c23-15-10-14-13-2-6-31(21-28-5-1-19(30-21)22(25,26)27)18(9-12-3-7-32-8-4-12)20(13)29-17(14)11-16(15)24/h1,5,10-12,18,29H,2-4,6-9H2. The molecule has 0 aliphatic carbocycles. The fourth-order valence-electron chi connectivity index (χ4n) is 4.79. The number of hydrogen-bond donors (Lipinski definition) is 1. The molecule has 2 aliphatic rings. The van der Waals surface area contributed by atoms with E-state index in [4.69, 9.17) is 16.3 Å². The summed E-state index contributed by atoms with van der Waals surface area (Å²) in [5, 5.41) is 0.886. The lowest BCUT2D eigenvalue weighted by molar-refractivity contribution is -0.141. The van der Waals surface area contributed by atoms with Crippen LogP contribution < -0.4 is 4.90 Å². The maximum atomic E-state index is 14.1. The Morgan fingerprint density at radius 3 is 2.75 bits per heavy atom. The minimum atomic E-state index is -4.55. The highest BCUT2D eigenvalue weighted by molar-refractivity contribution is 6.31. The molecule has 4 heterocycles. The van der Waals surface area contributed by atoms with Gasteiger partial charge in [-0.2, -0.15) is 13.2 Å². The Labute approximate surface area is 186 Å². The van der Waals surface area contributed by atoms with Crippen LogP contribution in [0.15, 0.2) is 24.4 Å². The SMILES string of the molecule is Fc1cc2[nH]c3c(c2cc1Cl)CCN(c1nccc(C(F)(F)F)n1)C3CC1CCOCC1. The van der Waals surface area contributed by atoms with E-state index in [1.54, 1.807) is 6.07 Å². The van der Waals surface area contributed by atoms with Crippen molar-refractivity contribution in [2.24, 2.45) is 5.92 Å². The third kappa shape index (κ3) is 3.92. The normalized spacial score (nSPS) is 20.0. The summed E-state index contributed by atoms with van der Waals surface area (Å²) in [4.78, 5) is 13.2. The van der Waals surface area contributed by atoms with E-state index in [0.29, 0.717) is 44.0 Å². The van der Waals surface area contributed by atoms with E-state index in [1.807, 2.05) is 4.90 Å². The molecule has 0 radical (unpaired) electrons. The van der Waals surface area contributed by atoms with Gasteiger partial charge in [0, 0.05) is 42.6 Å². The van der Waals surface area contributed by atoms with E-state index >= 15 is 0 Å². The molecule has 32 heavy (non-hydrogen) atoms. The van der Waals surface area contributed by atoms with Crippen LogP contribution >= 0.6 is 11.6 Å². The van der Waals surface area contributed by atoms with Gasteiger partial charge in [-0.25, -0.2) is 14.4 Å². The van der Waals surface area contributed by atoms with Crippen molar-refractivity contribution in [2.45, 2.75) is 37.9 Å². The number of H-pyrrole nitrogens is 1. The van der Waals surface area contributed by atoms with E-state index in [-0.39, 0.29) is 17.0 Å². The number of aromatic nitrogens is 3. The Morgan fingerprint density at radius 2 is 2.00 bits per heavy atom. The largest absolute Gasteiger partial charge is 0.433 e. The molecule has 1 aromatic carbocycles. The van der Waals surface area contributed by atoms with Crippen molar-refractivity contribution < 1.29 is 22.3 Å². The van der Waals surface area contributed by atoms with Crippen LogP contribution in [0.4, 0.5) is 23.5 Å². The zero-order valence-corrected chi connectivity index (χ0v) is 17.8. The van der Waals surface area contributed by atoms with Gasteiger partial charge in [-0.05, 0) is 55.4 Å². The first-order valence-corrected chi connectivity index (χ1v) is 10.9. The number of rotatable bonds is 3. The molecule has 0 saturated carbocycles. The second kappa shape index (κ2) is 8.19. The summed E-state index contributed by atoms with van der Waals surface area (Å²) in [6.07, 6.45) is -0.384. The van der Waals surface area contributed by atoms with E-state index in [0.717, 1.165) is 41.7 Å². The first-order valence-electron chi connectivity index (χ1n) is 10.6. The summed E-state index contributed by atoms with van der Waals surface area (Å²) in [5.41, 5.74) is 1.53. The lowest BCUT2D eigenvalue weighted by Gasteiger charge is -2.38. The van der Waals surface area contributed by atoms with Crippen LogP contribution in [0.25, 0.3) is 10.9 Å². The number of ether oxygens (including phenoxy) is 1. The Hall–Kier alpha value is -2.39. The molecule has 1 atom stereocenters. The van der Waals surface area contributed by atoms with E-state index in [2.05, 4.69) is 15.0 Å². The first-order chi connectivity index (χ1) is 15.3. The average Bonchev–Trinajstić information content (AvgIpc) is 3.12. The lowest BCUT2D eigenvalue weighted by atomic mass is 9.87. The second-order valence-corrected chi connectivity index (χ2v) is 8.73. The average molecular weight is 469 g/mol. The number of halogens is 5. The number of alkyl halides is 3. The molecule has 1 N–H and O–H groups in total. The van der Waals surface area contributed by atoms with Gasteiger partial charge in [0.25, 0.3) is 0 Å². The summed E-state index contributed by atoms with van der Waals surface area (Å²) < 4.78 is 59.4. The molecule has 1 fully saturated rings. The van der Waals surface area contributed by atoms with Crippen LogP contribution in [0.2, 0.25) is 5.02 Å². The number of nitrogens with one attached hydrogen (secondary N) is 1. The number of nitrogens with zero attached hydrogens (tertiary/aromatic N) is 3. The van der Waals surface area contributed by atoms with Crippen molar-refractivity contribution in [1.29, 1.82) is 0 Å². The number of anilines is 1. The van der Waals surface area contributed by atoms with Gasteiger partial charge in [-0.15, -0.1) is 0 Å². The highest BCUT2D eigenvalue weighted by Crippen LogP contribution is 2.42. The highest BCUT2D eigenvalue weighted by Gasteiger charge is 2.37. The number of aromatic amines is 1. The second-order valence-electron chi connectivity index (χ2n) is 8.32. The topological polar surface area (TPSA) is 54.0 Å². The van der Waals surface area contributed by atoms with Crippen molar-refractivity contribution in [3.63, 3.8) is 0 Å². The fraction of sp³-hybridized carbons (Fsp3) is 0.455. The highest BCUT2D eigenvalue weighted by atomic mass is 35.5. The third-order valence-electron chi connectivity index (χ3n) is 6.38. The van der Waals surface area contributed by atoms with Crippen molar-refractivity contribution in [3.05, 3.63) is 52.2 Å². The molecule has 0 spiro atoms. The Kier molecular flexibility index (Phi) is 5.49. The molecular formula is C22H21ClF4N4O. The number of benzene rings is 1. The predicted molar refractivity (Wildman–Crippen MR) is 112 cm³/mol. The third-order valence-corrected chi connectivity index (χ3v) is 6.67. The van der Waals surface area contributed by atoms with Gasteiger partial charge in [-0.1, -0.05) is 11.6 Å². The Bertz CT molecular complexity index is 1140. The summed E-state index contributed by atoms with van der Waals surface area (Å²) in [7, 11) is 0. The van der Waals surface area contributed by atoms with Crippen LogP contribution in [0.1, 0.15) is 42.3 Å². The zero-order chi connectivity index (χ0) is 22.5. The van der Waals surface area contributed by atoms with E-state index in [9.17, 15) is 17.6 Å². The van der Waals surface area contributed by atoms with Gasteiger partial charge in [-0.3, -0.25) is 0 Å². The summed E-state index contributed by atoms with van der Waals surface area (Å²) in [5.74, 6) is -0.123. The molecule has 3 aromatic rings. The Balaban J connectivity index is 1.58. The van der Waals surface area contributed by atoms with Gasteiger partial charge >= 0.3 is 6.18 Å². The summed E-state index contributed by atoms with van der Waals surface area (Å²) >= 11 is 6.02. The van der Waals surface area contributed by atoms with Crippen molar-refractivity contribution in [3.8, 4) is 0 Å². The van der Waals surface area contributed by atoms with Gasteiger partial charge in [0.15, 0.2) is 0 Å². The molecule has 10 heteroatoms. The molecule has 0 bridgehead atoms. The molecule has 1 saturated heterocycles. The molecule has 2 aliphatic heterocycles. The molecule has 170 valence electrons. The minimum Gasteiger partial charge on any atom is -0.381 e. The van der Waals surface area contributed by atoms with Crippen LogP contribution in [-0.2, 0) is 17.3 Å². The minimum absolute atomic E-state index is 0.0453. The van der Waals surface area contributed by atoms with Crippen molar-refractivity contribution >= 4 is 28.5 Å². The molecular weight excluding hydrogens is 448 g/mol. The van der Waals surface area contributed by atoms with Crippen LogP contribution in [0.5, 0.6) is 0 Å². The van der Waals surface area contributed by atoms with Crippen molar-refractivity contribution in [2.75, 3.05) is 24.7 Å². The van der Waals surface area contributed by atoms with Gasteiger partial charge in [0.2, 0.25) is 5.95 Å². The Morgan fingerprint density at radius 1 is 1.22 bits per heavy atom. The number of fused-ring (bicyclic) bond motifs is 3. The monoisotopic (exact) mass is 468 g/mol. The number of hydrogen-bond acceptors (Lipinski definition) is 4. The summed E-state index contributed by atoms with van der Waals surface area (Å²) in [6, 6.07) is 3.59. The maximum Gasteiger partial charge on any atom is 0.433 e. The van der Waals surface area contributed by atoms with E-state index in [1.165, 1.54) is 6.07 Å². The maximum absolute atomic E-state index is 14.1.